The van der Waals surface area contributed by atoms with Crippen LogP contribution in [0, 0.1) is 0 Å². The molecule has 0 fully saturated rings. The molecular weight excluding hydrogens is 431 g/mol. The normalized spacial score (nSPS) is 14.6. The molecule has 0 saturated carbocycles. The largest absolute Gasteiger partial charge is 0.416 e. The van der Waals surface area contributed by atoms with Crippen LogP contribution in [0.3, 0.4) is 0 Å². The molecule has 0 saturated heterocycles. The van der Waals surface area contributed by atoms with Gasteiger partial charge in [0.15, 0.2) is 0 Å². The monoisotopic (exact) mass is 461 g/mol. The van der Waals surface area contributed by atoms with E-state index < -0.39 is 27.5 Å². The van der Waals surface area contributed by atoms with Crippen LogP contribution in [-0.4, -0.2) is 19.8 Å². The van der Waals surface area contributed by atoms with E-state index in [0.717, 1.165) is 22.4 Å². The van der Waals surface area contributed by atoms with Crippen molar-refractivity contribution in [3.8, 4) is 0 Å². The first-order valence-electron chi connectivity index (χ1n) is 10.8. The van der Waals surface area contributed by atoms with Crippen LogP contribution in [0.1, 0.15) is 56.8 Å². The van der Waals surface area contributed by atoms with Crippen molar-refractivity contribution in [2.75, 3.05) is 6.54 Å². The van der Waals surface area contributed by atoms with Gasteiger partial charge in [0.1, 0.15) is 11.0 Å². The highest BCUT2D eigenvalue weighted by Crippen LogP contribution is 2.33. The summed E-state index contributed by atoms with van der Waals surface area (Å²) in [5.41, 5.74) is 1.10. The Kier molecular flexibility index (Phi) is 7.46. The van der Waals surface area contributed by atoms with Crippen molar-refractivity contribution in [3.63, 3.8) is 0 Å². The Morgan fingerprint density at radius 2 is 1.59 bits per heavy atom. The van der Waals surface area contributed by atoms with E-state index in [1.54, 1.807) is 6.07 Å². The predicted molar refractivity (Wildman–Crippen MR) is 127 cm³/mol. The molecule has 0 aliphatic heterocycles. The first kappa shape index (κ1) is 24.5. The summed E-state index contributed by atoms with van der Waals surface area (Å²) in [5.74, 6) is 0. The fourth-order valence-electron chi connectivity index (χ4n) is 3.88. The number of alkyl halides is 3. The van der Waals surface area contributed by atoms with Gasteiger partial charge in [-0.1, -0.05) is 60.7 Å². The number of hydrogen-bond acceptors (Lipinski definition) is 1. The maximum Gasteiger partial charge on any atom is 0.416 e. The average Bonchev–Trinajstić information content (AvgIpc) is 2.74. The third-order valence-corrected chi connectivity index (χ3v) is 7.51. The molecule has 0 radical (unpaired) electrons. The van der Waals surface area contributed by atoms with Crippen LogP contribution in [0.15, 0.2) is 66.7 Å². The maximum absolute atomic E-state index is 13.4. The summed E-state index contributed by atoms with van der Waals surface area (Å²) >= 11 is 0. The minimum atomic E-state index is -4.35. The van der Waals surface area contributed by atoms with Crippen molar-refractivity contribution in [1.82, 2.24) is 4.31 Å². The minimum absolute atomic E-state index is 0.109. The zero-order valence-corrected chi connectivity index (χ0v) is 19.8. The van der Waals surface area contributed by atoms with Crippen molar-refractivity contribution in [2.45, 2.75) is 57.5 Å². The van der Waals surface area contributed by atoms with E-state index in [-0.39, 0.29) is 6.04 Å². The molecule has 0 unspecified atom stereocenters. The number of rotatable bonds is 7. The molecule has 0 spiro atoms. The van der Waals surface area contributed by atoms with Gasteiger partial charge < -0.3 is 0 Å². The van der Waals surface area contributed by atoms with E-state index in [9.17, 15) is 17.4 Å². The van der Waals surface area contributed by atoms with Gasteiger partial charge >= 0.3 is 6.18 Å². The summed E-state index contributed by atoms with van der Waals surface area (Å²) in [4.78, 5) is 0. The highest BCUT2D eigenvalue weighted by atomic mass is 32.2. The lowest BCUT2D eigenvalue weighted by atomic mass is 9.99. The molecule has 172 valence electrons. The standard InChI is InChI=1S/C26H30F3NOS/c1-19(23-16-8-13-21-12-5-6-15-24(21)23)30(32(31)25(2,3)4)17-9-11-20-10-7-14-22(18-20)26(27,28)29/h5-8,10,12-16,18-19H,9,11,17H2,1-4H3/t19-,32-/m1/s1. The maximum atomic E-state index is 13.4. The molecule has 0 aromatic heterocycles. The van der Waals surface area contributed by atoms with E-state index in [1.807, 2.05) is 43.3 Å². The van der Waals surface area contributed by atoms with Crippen LogP contribution >= 0.6 is 0 Å². The molecule has 3 aromatic rings. The van der Waals surface area contributed by atoms with Crippen molar-refractivity contribution < 1.29 is 17.4 Å². The van der Waals surface area contributed by atoms with Crippen molar-refractivity contribution >= 4 is 21.8 Å². The third kappa shape index (κ3) is 5.78. The van der Waals surface area contributed by atoms with Crippen LogP contribution in [0.5, 0.6) is 0 Å². The average molecular weight is 462 g/mol. The molecule has 2 atom stereocenters. The molecule has 3 rings (SSSR count). The highest BCUT2D eigenvalue weighted by Gasteiger charge is 2.32. The summed E-state index contributed by atoms with van der Waals surface area (Å²) in [6, 6.07) is 19.6. The lowest BCUT2D eigenvalue weighted by Crippen LogP contribution is -2.40. The molecule has 3 aromatic carbocycles. The third-order valence-electron chi connectivity index (χ3n) is 5.54. The summed E-state index contributed by atoms with van der Waals surface area (Å²) in [6.45, 7) is 8.40. The Hall–Kier alpha value is -2.18. The van der Waals surface area contributed by atoms with Crippen LogP contribution in [0.25, 0.3) is 10.8 Å². The Balaban J connectivity index is 1.83. The molecule has 0 bridgehead atoms. The Bertz CT molecular complexity index is 1080. The summed E-state index contributed by atoms with van der Waals surface area (Å²) in [6.07, 6.45) is -3.25. The van der Waals surface area contributed by atoms with Gasteiger partial charge in [-0.15, -0.1) is 0 Å². The predicted octanol–water partition coefficient (Wildman–Crippen LogP) is 7.32. The molecular formula is C26H30F3NOS. The highest BCUT2D eigenvalue weighted by molar-refractivity contribution is 7.84. The molecule has 32 heavy (non-hydrogen) atoms. The Labute approximate surface area is 191 Å². The Morgan fingerprint density at radius 1 is 0.938 bits per heavy atom. The first-order chi connectivity index (χ1) is 15.0. The van der Waals surface area contributed by atoms with Gasteiger partial charge in [0.25, 0.3) is 0 Å². The van der Waals surface area contributed by atoms with Gasteiger partial charge in [-0.05, 0) is 68.5 Å². The van der Waals surface area contributed by atoms with Crippen LogP contribution in [-0.2, 0) is 23.6 Å². The smallest absolute Gasteiger partial charge is 0.242 e. The quantitative estimate of drug-likeness (QED) is 0.361. The fraction of sp³-hybridized carbons (Fsp3) is 0.385. The number of nitrogens with zero attached hydrogens (tertiary/aromatic N) is 1. The second-order valence-corrected chi connectivity index (χ2v) is 11.2. The van der Waals surface area contributed by atoms with E-state index in [4.69, 9.17) is 0 Å². The lowest BCUT2D eigenvalue weighted by Gasteiger charge is -2.34. The van der Waals surface area contributed by atoms with Crippen LogP contribution in [0.2, 0.25) is 0 Å². The van der Waals surface area contributed by atoms with Gasteiger partial charge in [0.2, 0.25) is 0 Å². The number of fused-ring (bicyclic) bond motifs is 1. The van der Waals surface area contributed by atoms with Crippen molar-refractivity contribution in [1.29, 1.82) is 0 Å². The van der Waals surface area contributed by atoms with Gasteiger partial charge in [0, 0.05) is 12.6 Å². The zero-order chi connectivity index (χ0) is 23.5. The van der Waals surface area contributed by atoms with Crippen molar-refractivity contribution in [3.05, 3.63) is 83.4 Å². The topological polar surface area (TPSA) is 20.3 Å². The first-order valence-corrected chi connectivity index (χ1v) is 11.9. The van der Waals surface area contributed by atoms with Gasteiger partial charge in [-0.3, -0.25) is 0 Å². The summed E-state index contributed by atoms with van der Waals surface area (Å²) in [5, 5.41) is 2.25. The van der Waals surface area contributed by atoms with E-state index in [2.05, 4.69) is 31.2 Å². The molecule has 2 nitrogen and oxygen atoms in total. The number of benzene rings is 3. The number of halogens is 3. The zero-order valence-electron chi connectivity index (χ0n) is 18.9. The van der Waals surface area contributed by atoms with E-state index in [1.165, 1.54) is 12.1 Å². The molecule has 0 aliphatic rings. The summed E-state index contributed by atoms with van der Waals surface area (Å²) < 4.78 is 54.0. The van der Waals surface area contributed by atoms with Crippen LogP contribution in [0.4, 0.5) is 13.2 Å². The summed E-state index contributed by atoms with van der Waals surface area (Å²) in [7, 11) is -1.27. The molecule has 6 heteroatoms. The lowest BCUT2D eigenvalue weighted by molar-refractivity contribution is -0.137. The van der Waals surface area contributed by atoms with Gasteiger partial charge in [-0.25, -0.2) is 8.51 Å². The van der Waals surface area contributed by atoms with Gasteiger partial charge in [-0.2, -0.15) is 13.2 Å². The van der Waals surface area contributed by atoms with E-state index in [0.29, 0.717) is 24.9 Å². The second kappa shape index (κ2) is 9.75. The van der Waals surface area contributed by atoms with E-state index >= 15 is 0 Å². The SMILES string of the molecule is C[C@H](c1cccc2ccccc12)N(CCCc1cccc(C(F)(F)F)c1)[S@](=O)C(C)(C)C. The Morgan fingerprint density at radius 3 is 2.28 bits per heavy atom. The molecule has 0 N–H and O–H groups in total. The van der Waals surface area contributed by atoms with Gasteiger partial charge in [0.05, 0.1) is 10.3 Å². The molecule has 0 aliphatic carbocycles. The molecule has 0 amide bonds. The van der Waals surface area contributed by atoms with Crippen LogP contribution < -0.4 is 0 Å². The minimum Gasteiger partial charge on any atom is -0.242 e. The number of hydrogen-bond donors (Lipinski definition) is 0. The number of aryl methyl sites for hydroxylation is 1. The molecule has 0 heterocycles. The van der Waals surface area contributed by atoms with Crippen molar-refractivity contribution in [2.24, 2.45) is 0 Å². The fourth-order valence-corrected chi connectivity index (χ4v) is 5.28. The second-order valence-electron chi connectivity index (χ2n) is 9.05.